The number of hydrogen-bond donors (Lipinski definition) is 1. The minimum atomic E-state index is -0.428. The van der Waals surface area contributed by atoms with Gasteiger partial charge in [-0.2, -0.15) is 0 Å². The molecule has 0 aliphatic carbocycles. The van der Waals surface area contributed by atoms with Crippen molar-refractivity contribution in [3.8, 4) is 5.75 Å². The van der Waals surface area contributed by atoms with Crippen molar-refractivity contribution in [2.75, 3.05) is 0 Å². The van der Waals surface area contributed by atoms with Gasteiger partial charge in [0.1, 0.15) is 11.4 Å². The molecule has 0 saturated heterocycles. The highest BCUT2D eigenvalue weighted by molar-refractivity contribution is 5.81. The number of aliphatic imine (C=N–C) groups is 1. The maximum absolute atomic E-state index is 10.7. The van der Waals surface area contributed by atoms with Gasteiger partial charge in [0.2, 0.25) is 0 Å². The maximum Gasteiger partial charge on any atom is 0.270 e. The first-order valence-corrected chi connectivity index (χ1v) is 7.37. The van der Waals surface area contributed by atoms with Crippen molar-refractivity contribution >= 4 is 23.7 Å². The monoisotopic (exact) mass is 310 g/mol. The smallest absolute Gasteiger partial charge is 0.270 e. The van der Waals surface area contributed by atoms with E-state index in [0.717, 1.165) is 24.0 Å². The fourth-order valence-electron chi connectivity index (χ4n) is 2.14. The first kappa shape index (κ1) is 16.4. The molecule has 0 atom stereocenters. The molecule has 5 heteroatoms. The van der Waals surface area contributed by atoms with Crippen LogP contribution in [0.15, 0.2) is 53.5 Å². The number of phenols is 1. The molecule has 0 saturated carbocycles. The van der Waals surface area contributed by atoms with Crippen LogP contribution in [-0.2, 0) is 6.42 Å². The first-order chi connectivity index (χ1) is 11.1. The van der Waals surface area contributed by atoms with E-state index in [4.69, 9.17) is 0 Å². The highest BCUT2D eigenvalue weighted by atomic mass is 16.6. The van der Waals surface area contributed by atoms with Gasteiger partial charge in [-0.05, 0) is 35.8 Å². The van der Waals surface area contributed by atoms with Crippen molar-refractivity contribution in [3.05, 3.63) is 69.8 Å². The van der Waals surface area contributed by atoms with E-state index in [0.29, 0.717) is 5.69 Å². The minimum Gasteiger partial charge on any atom is -0.506 e. The molecule has 5 nitrogen and oxygen atoms in total. The lowest BCUT2D eigenvalue weighted by atomic mass is 10.1. The van der Waals surface area contributed by atoms with Crippen LogP contribution in [0.3, 0.4) is 0 Å². The van der Waals surface area contributed by atoms with Gasteiger partial charge in [0, 0.05) is 18.3 Å². The van der Waals surface area contributed by atoms with Crippen LogP contribution in [-0.4, -0.2) is 16.2 Å². The summed E-state index contributed by atoms with van der Waals surface area (Å²) in [5, 5.41) is 20.5. The van der Waals surface area contributed by atoms with Crippen LogP contribution < -0.4 is 0 Å². The van der Waals surface area contributed by atoms with Crippen molar-refractivity contribution in [2.24, 2.45) is 4.99 Å². The highest BCUT2D eigenvalue weighted by Gasteiger charge is 2.03. The number of aryl methyl sites for hydroxylation is 1. The molecular formula is C18H18N2O3. The average Bonchev–Trinajstić information content (AvgIpc) is 2.55. The fraction of sp³-hybridized carbons (Fsp3) is 0.167. The molecule has 1 N–H and O–H groups in total. The summed E-state index contributed by atoms with van der Waals surface area (Å²) < 4.78 is 0. The highest BCUT2D eigenvalue weighted by Crippen LogP contribution is 2.27. The van der Waals surface area contributed by atoms with E-state index >= 15 is 0 Å². The standard InChI is InChI=1S/C18H18N2O3/c1-2-5-14-9-10-18(21)17(13-14)19-11-4-7-15-6-3-8-16(12-15)20(22)23/h3-4,6-13,21H,2,5H2,1H3. The Labute approximate surface area is 134 Å². The van der Waals surface area contributed by atoms with Gasteiger partial charge in [0.15, 0.2) is 0 Å². The van der Waals surface area contributed by atoms with Gasteiger partial charge in [-0.3, -0.25) is 15.1 Å². The topological polar surface area (TPSA) is 75.7 Å². The Morgan fingerprint density at radius 3 is 2.83 bits per heavy atom. The molecular weight excluding hydrogens is 292 g/mol. The molecule has 0 spiro atoms. The Morgan fingerprint density at radius 1 is 1.26 bits per heavy atom. The second-order valence-electron chi connectivity index (χ2n) is 5.06. The van der Waals surface area contributed by atoms with E-state index in [1.54, 1.807) is 36.6 Å². The third-order valence-corrected chi connectivity index (χ3v) is 3.25. The third-order valence-electron chi connectivity index (χ3n) is 3.25. The van der Waals surface area contributed by atoms with Crippen molar-refractivity contribution < 1.29 is 10.0 Å². The van der Waals surface area contributed by atoms with Crippen LogP contribution >= 0.6 is 0 Å². The molecule has 0 fully saturated rings. The Morgan fingerprint density at radius 2 is 2.09 bits per heavy atom. The number of nitrogens with zero attached hydrogens (tertiary/aromatic N) is 2. The van der Waals surface area contributed by atoms with Gasteiger partial charge in [0.25, 0.3) is 5.69 Å². The van der Waals surface area contributed by atoms with Gasteiger partial charge in [-0.25, -0.2) is 0 Å². The number of nitro groups is 1. The minimum absolute atomic E-state index is 0.0500. The summed E-state index contributed by atoms with van der Waals surface area (Å²) in [7, 11) is 0. The van der Waals surface area contributed by atoms with Crippen LogP contribution in [0.2, 0.25) is 0 Å². The molecule has 0 aliphatic heterocycles. The number of allylic oxidation sites excluding steroid dienone is 1. The summed E-state index contributed by atoms with van der Waals surface area (Å²) in [6.07, 6.45) is 6.94. The molecule has 23 heavy (non-hydrogen) atoms. The molecule has 0 radical (unpaired) electrons. The van der Waals surface area contributed by atoms with Gasteiger partial charge >= 0.3 is 0 Å². The van der Waals surface area contributed by atoms with E-state index < -0.39 is 4.92 Å². The lowest BCUT2D eigenvalue weighted by Crippen LogP contribution is -1.87. The summed E-state index contributed by atoms with van der Waals surface area (Å²) in [5.74, 6) is 0.129. The number of nitro benzene ring substituents is 1. The number of non-ortho nitro benzene ring substituents is 1. The molecule has 0 amide bonds. The summed E-state index contributed by atoms with van der Waals surface area (Å²) in [4.78, 5) is 14.5. The third kappa shape index (κ3) is 4.78. The molecule has 0 bridgehead atoms. The normalized spacial score (nSPS) is 11.3. The molecule has 2 aromatic rings. The van der Waals surface area contributed by atoms with Gasteiger partial charge in [-0.1, -0.05) is 37.6 Å². The van der Waals surface area contributed by atoms with E-state index in [1.807, 2.05) is 12.1 Å². The zero-order valence-corrected chi connectivity index (χ0v) is 12.8. The summed E-state index contributed by atoms with van der Waals surface area (Å²) >= 11 is 0. The van der Waals surface area contributed by atoms with Crippen LogP contribution in [0.1, 0.15) is 24.5 Å². The first-order valence-electron chi connectivity index (χ1n) is 7.37. The number of aromatic hydroxyl groups is 1. The van der Waals surface area contributed by atoms with E-state index in [1.165, 1.54) is 12.1 Å². The molecule has 2 rings (SSSR count). The maximum atomic E-state index is 10.7. The SMILES string of the molecule is CCCc1ccc(O)c(N=CC=Cc2cccc([N+](=O)[O-])c2)c1. The molecule has 0 unspecified atom stereocenters. The quantitative estimate of drug-likeness (QED) is 0.478. The van der Waals surface area contributed by atoms with Crippen LogP contribution in [0.25, 0.3) is 6.08 Å². The predicted octanol–water partition coefficient (Wildman–Crippen LogP) is 4.67. The van der Waals surface area contributed by atoms with Crippen molar-refractivity contribution in [1.29, 1.82) is 0 Å². The van der Waals surface area contributed by atoms with Gasteiger partial charge < -0.3 is 5.11 Å². The fourth-order valence-corrected chi connectivity index (χ4v) is 2.14. The zero-order chi connectivity index (χ0) is 16.7. The van der Waals surface area contributed by atoms with Crippen molar-refractivity contribution in [3.63, 3.8) is 0 Å². The molecule has 0 aromatic heterocycles. The van der Waals surface area contributed by atoms with E-state index in [9.17, 15) is 15.2 Å². The largest absolute Gasteiger partial charge is 0.506 e. The number of benzene rings is 2. The summed E-state index contributed by atoms with van der Waals surface area (Å²) in [6, 6.07) is 11.7. The van der Waals surface area contributed by atoms with E-state index in [2.05, 4.69) is 11.9 Å². The lowest BCUT2D eigenvalue weighted by Gasteiger charge is -2.02. The van der Waals surface area contributed by atoms with Crippen LogP contribution in [0.5, 0.6) is 5.75 Å². The summed E-state index contributed by atoms with van der Waals surface area (Å²) in [6.45, 7) is 2.09. The Bertz CT molecular complexity index is 752. The second kappa shape index (κ2) is 7.89. The average molecular weight is 310 g/mol. The van der Waals surface area contributed by atoms with Crippen LogP contribution in [0.4, 0.5) is 11.4 Å². The number of rotatable bonds is 6. The van der Waals surface area contributed by atoms with Crippen molar-refractivity contribution in [2.45, 2.75) is 19.8 Å². The molecule has 2 aromatic carbocycles. The summed E-state index contributed by atoms with van der Waals surface area (Å²) in [5.41, 5.74) is 2.41. The number of phenolic OH excluding ortho intramolecular Hbond substituents is 1. The van der Waals surface area contributed by atoms with Crippen LogP contribution in [0, 0.1) is 10.1 Å². The molecule has 118 valence electrons. The Kier molecular flexibility index (Phi) is 5.63. The molecule has 0 aliphatic rings. The zero-order valence-electron chi connectivity index (χ0n) is 12.8. The molecule has 0 heterocycles. The Hall–Kier alpha value is -2.95. The number of hydrogen-bond acceptors (Lipinski definition) is 4. The second-order valence-corrected chi connectivity index (χ2v) is 5.06. The lowest BCUT2D eigenvalue weighted by molar-refractivity contribution is -0.384. The van der Waals surface area contributed by atoms with E-state index in [-0.39, 0.29) is 11.4 Å². The predicted molar refractivity (Wildman–Crippen MR) is 92.4 cm³/mol. The van der Waals surface area contributed by atoms with Crippen molar-refractivity contribution in [1.82, 2.24) is 0 Å². The van der Waals surface area contributed by atoms with Gasteiger partial charge in [0.05, 0.1) is 4.92 Å². The Balaban J connectivity index is 2.10. The van der Waals surface area contributed by atoms with Gasteiger partial charge in [-0.15, -0.1) is 0 Å².